The second-order valence-corrected chi connectivity index (χ2v) is 7.71. The van der Waals surface area contributed by atoms with Crippen molar-refractivity contribution < 1.29 is 4.79 Å². The van der Waals surface area contributed by atoms with Gasteiger partial charge in [0.25, 0.3) is 5.91 Å². The maximum atomic E-state index is 12.6. The molecule has 0 spiro atoms. The van der Waals surface area contributed by atoms with Gasteiger partial charge in [-0.15, -0.1) is 0 Å². The molecule has 0 atom stereocenters. The normalized spacial score (nSPS) is 15.9. The van der Waals surface area contributed by atoms with Crippen LogP contribution in [0.5, 0.6) is 0 Å². The Labute approximate surface area is 146 Å². The first-order chi connectivity index (χ1) is 10.4. The Balaban J connectivity index is 1.81. The number of hydrogen-bond donors (Lipinski definition) is 2. The topological polar surface area (TPSA) is 57.8 Å². The fourth-order valence-corrected chi connectivity index (χ4v) is 3.61. The minimum Gasteiger partial charge on any atom is -0.341 e. The standard InChI is InChI=1S/C16H17Br2N3O/c1-9(2)13-12(18)14(21-20-13)15(22)19-16(7-8-16)10-3-5-11(17)6-4-10/h3-6,9H,7-8H2,1-2H3,(H,19,22)(H,20,21). The summed E-state index contributed by atoms with van der Waals surface area (Å²) < 4.78 is 1.79. The minimum absolute atomic E-state index is 0.143. The van der Waals surface area contributed by atoms with E-state index in [1.807, 2.05) is 12.1 Å². The van der Waals surface area contributed by atoms with Gasteiger partial charge in [-0.1, -0.05) is 41.9 Å². The average molecular weight is 427 g/mol. The molecule has 1 aliphatic carbocycles. The molecule has 1 aromatic heterocycles. The number of rotatable bonds is 4. The Morgan fingerprint density at radius 3 is 2.41 bits per heavy atom. The quantitative estimate of drug-likeness (QED) is 0.757. The lowest BCUT2D eigenvalue weighted by atomic mass is 10.0. The van der Waals surface area contributed by atoms with E-state index in [1.165, 1.54) is 0 Å². The molecule has 4 nitrogen and oxygen atoms in total. The Morgan fingerprint density at radius 2 is 1.91 bits per heavy atom. The molecule has 1 aliphatic rings. The highest BCUT2D eigenvalue weighted by Gasteiger charge is 2.46. The van der Waals surface area contributed by atoms with Gasteiger partial charge < -0.3 is 5.32 Å². The Kier molecular flexibility index (Phi) is 4.16. The van der Waals surface area contributed by atoms with Gasteiger partial charge in [0.1, 0.15) is 0 Å². The highest BCUT2D eigenvalue weighted by atomic mass is 79.9. The molecule has 1 heterocycles. The number of halogens is 2. The number of carbonyl (C=O) groups excluding carboxylic acids is 1. The van der Waals surface area contributed by atoms with Crippen LogP contribution >= 0.6 is 31.9 Å². The Bertz CT molecular complexity index is 703. The fourth-order valence-electron chi connectivity index (χ4n) is 2.53. The third kappa shape index (κ3) is 2.86. The van der Waals surface area contributed by atoms with Crippen molar-refractivity contribution >= 4 is 37.8 Å². The largest absolute Gasteiger partial charge is 0.341 e. The second kappa shape index (κ2) is 5.81. The Hall–Kier alpha value is -1.14. The lowest BCUT2D eigenvalue weighted by Crippen LogP contribution is -2.35. The van der Waals surface area contributed by atoms with Gasteiger partial charge in [-0.05, 0) is 52.4 Å². The summed E-state index contributed by atoms with van der Waals surface area (Å²) in [6.07, 6.45) is 1.92. The molecular weight excluding hydrogens is 410 g/mol. The summed E-state index contributed by atoms with van der Waals surface area (Å²) >= 11 is 6.92. The maximum Gasteiger partial charge on any atom is 0.273 e. The van der Waals surface area contributed by atoms with E-state index in [0.717, 1.165) is 33.0 Å². The summed E-state index contributed by atoms with van der Waals surface area (Å²) in [5.74, 6) is 0.139. The number of nitrogens with one attached hydrogen (secondary N) is 2. The van der Waals surface area contributed by atoms with Crippen LogP contribution in [-0.4, -0.2) is 16.1 Å². The number of aromatic nitrogens is 2. The van der Waals surface area contributed by atoms with Gasteiger partial charge in [0, 0.05) is 4.47 Å². The molecule has 0 saturated heterocycles. The van der Waals surface area contributed by atoms with Crippen molar-refractivity contribution in [2.45, 2.75) is 38.1 Å². The molecule has 116 valence electrons. The van der Waals surface area contributed by atoms with Crippen molar-refractivity contribution in [2.24, 2.45) is 0 Å². The monoisotopic (exact) mass is 425 g/mol. The molecular formula is C16H17Br2N3O. The minimum atomic E-state index is -0.242. The molecule has 0 bridgehead atoms. The van der Waals surface area contributed by atoms with E-state index < -0.39 is 0 Å². The van der Waals surface area contributed by atoms with E-state index in [0.29, 0.717) is 5.69 Å². The summed E-state index contributed by atoms with van der Waals surface area (Å²) in [5, 5.41) is 10.3. The van der Waals surface area contributed by atoms with Gasteiger partial charge in [0.05, 0.1) is 15.7 Å². The average Bonchev–Trinajstić information content (AvgIpc) is 3.13. The number of aromatic amines is 1. The summed E-state index contributed by atoms with van der Waals surface area (Å²) in [6, 6.07) is 8.11. The van der Waals surface area contributed by atoms with Gasteiger partial charge >= 0.3 is 0 Å². The van der Waals surface area contributed by atoms with E-state index in [2.05, 4.69) is 73.4 Å². The SMILES string of the molecule is CC(C)c1[nH]nc(C(=O)NC2(c3ccc(Br)cc3)CC2)c1Br. The highest BCUT2D eigenvalue weighted by molar-refractivity contribution is 9.10. The highest BCUT2D eigenvalue weighted by Crippen LogP contribution is 2.46. The van der Waals surface area contributed by atoms with E-state index in [-0.39, 0.29) is 17.4 Å². The first-order valence-corrected chi connectivity index (χ1v) is 8.84. The van der Waals surface area contributed by atoms with Crippen molar-refractivity contribution in [3.8, 4) is 0 Å². The summed E-state index contributed by atoms with van der Waals surface area (Å²) in [7, 11) is 0. The predicted molar refractivity (Wildman–Crippen MR) is 92.9 cm³/mol. The number of nitrogens with zero attached hydrogens (tertiary/aromatic N) is 1. The zero-order valence-corrected chi connectivity index (χ0v) is 15.6. The molecule has 3 rings (SSSR count). The molecule has 1 saturated carbocycles. The van der Waals surface area contributed by atoms with Crippen molar-refractivity contribution in [1.29, 1.82) is 0 Å². The van der Waals surface area contributed by atoms with Crippen LogP contribution in [0.15, 0.2) is 33.2 Å². The number of hydrogen-bond acceptors (Lipinski definition) is 2. The third-order valence-electron chi connectivity index (χ3n) is 4.02. The molecule has 22 heavy (non-hydrogen) atoms. The summed E-state index contributed by atoms with van der Waals surface area (Å²) in [4.78, 5) is 12.6. The zero-order chi connectivity index (χ0) is 15.9. The molecule has 2 N–H and O–H groups in total. The van der Waals surface area contributed by atoms with Crippen molar-refractivity contribution in [3.63, 3.8) is 0 Å². The van der Waals surface area contributed by atoms with Crippen LogP contribution in [0.2, 0.25) is 0 Å². The number of amides is 1. The first kappa shape index (κ1) is 15.7. The maximum absolute atomic E-state index is 12.6. The van der Waals surface area contributed by atoms with E-state index in [1.54, 1.807) is 0 Å². The number of carbonyl (C=O) groups is 1. The fraction of sp³-hybridized carbons (Fsp3) is 0.375. The lowest BCUT2D eigenvalue weighted by molar-refractivity contribution is 0.0925. The molecule has 6 heteroatoms. The first-order valence-electron chi connectivity index (χ1n) is 7.25. The van der Waals surface area contributed by atoms with Gasteiger partial charge in [0.2, 0.25) is 0 Å². The van der Waals surface area contributed by atoms with Crippen LogP contribution in [0.4, 0.5) is 0 Å². The molecule has 1 amide bonds. The molecule has 1 fully saturated rings. The van der Waals surface area contributed by atoms with Crippen LogP contribution in [-0.2, 0) is 5.54 Å². The molecule has 0 radical (unpaired) electrons. The van der Waals surface area contributed by atoms with Gasteiger partial charge in [-0.3, -0.25) is 9.89 Å². The molecule has 0 unspecified atom stereocenters. The summed E-state index contributed by atoms with van der Waals surface area (Å²) in [5.41, 5.74) is 2.26. The van der Waals surface area contributed by atoms with Crippen molar-refractivity contribution in [1.82, 2.24) is 15.5 Å². The van der Waals surface area contributed by atoms with Gasteiger partial charge in [0.15, 0.2) is 5.69 Å². The van der Waals surface area contributed by atoms with E-state index in [4.69, 9.17) is 0 Å². The van der Waals surface area contributed by atoms with Crippen LogP contribution in [0, 0.1) is 0 Å². The van der Waals surface area contributed by atoms with Crippen LogP contribution in [0.1, 0.15) is 54.4 Å². The number of benzene rings is 1. The van der Waals surface area contributed by atoms with Crippen LogP contribution in [0.3, 0.4) is 0 Å². The molecule has 2 aromatic rings. The van der Waals surface area contributed by atoms with E-state index in [9.17, 15) is 4.79 Å². The lowest BCUT2D eigenvalue weighted by Gasteiger charge is -2.17. The second-order valence-electron chi connectivity index (χ2n) is 6.00. The molecule has 1 aromatic carbocycles. The smallest absolute Gasteiger partial charge is 0.273 e. The number of H-pyrrole nitrogens is 1. The van der Waals surface area contributed by atoms with Crippen molar-refractivity contribution in [3.05, 3.63) is 50.2 Å². The van der Waals surface area contributed by atoms with Gasteiger partial charge in [-0.25, -0.2) is 0 Å². The van der Waals surface area contributed by atoms with Crippen LogP contribution < -0.4 is 5.32 Å². The Morgan fingerprint density at radius 1 is 1.27 bits per heavy atom. The van der Waals surface area contributed by atoms with E-state index >= 15 is 0 Å². The van der Waals surface area contributed by atoms with Crippen molar-refractivity contribution in [2.75, 3.05) is 0 Å². The summed E-state index contributed by atoms with van der Waals surface area (Å²) in [6.45, 7) is 4.12. The van der Waals surface area contributed by atoms with Crippen LogP contribution in [0.25, 0.3) is 0 Å². The zero-order valence-electron chi connectivity index (χ0n) is 12.4. The predicted octanol–water partition coefficient (Wildman–Crippen LogP) is 4.48. The van der Waals surface area contributed by atoms with Gasteiger partial charge in [-0.2, -0.15) is 5.10 Å². The third-order valence-corrected chi connectivity index (χ3v) is 5.36. The molecule has 0 aliphatic heterocycles.